The summed E-state index contributed by atoms with van der Waals surface area (Å²) < 4.78 is 11.7. The van der Waals surface area contributed by atoms with E-state index in [2.05, 4.69) is 37.9 Å². The van der Waals surface area contributed by atoms with Crippen LogP contribution >= 0.6 is 0 Å². The van der Waals surface area contributed by atoms with Gasteiger partial charge in [-0.25, -0.2) is 0 Å². The first kappa shape index (κ1) is 16.2. The highest BCUT2D eigenvalue weighted by Gasteiger charge is 2.42. The number of piperidine rings is 1. The highest BCUT2D eigenvalue weighted by molar-refractivity contribution is 4.94. The third-order valence-corrected chi connectivity index (χ3v) is 4.44. The van der Waals surface area contributed by atoms with E-state index in [-0.39, 0.29) is 11.2 Å². The number of methoxy groups -OCH3 is 1. The lowest BCUT2D eigenvalue weighted by Gasteiger charge is -2.50. The summed E-state index contributed by atoms with van der Waals surface area (Å²) in [6.45, 7) is 15.0. The zero-order valence-corrected chi connectivity index (χ0v) is 13.9. The summed E-state index contributed by atoms with van der Waals surface area (Å²) in [5.41, 5.74) is 0.176. The molecule has 1 N–H and O–H groups in total. The van der Waals surface area contributed by atoms with Crippen LogP contribution in [-0.4, -0.2) is 62.5 Å². The molecule has 0 unspecified atom stereocenters. The largest absolute Gasteiger partial charge is 0.384 e. The van der Waals surface area contributed by atoms with Crippen LogP contribution in [0.15, 0.2) is 0 Å². The summed E-state index contributed by atoms with van der Waals surface area (Å²) in [5.74, 6) is 0. The molecule has 0 aliphatic carbocycles. The first-order valence-corrected chi connectivity index (χ1v) is 7.88. The zero-order valence-electron chi connectivity index (χ0n) is 13.9. The van der Waals surface area contributed by atoms with Crippen molar-refractivity contribution in [3.05, 3.63) is 0 Å². The molecule has 20 heavy (non-hydrogen) atoms. The smallest absolute Gasteiger partial charge is 0.0760 e. The Hall–Kier alpha value is -0.160. The number of hydrogen-bond donors (Lipinski definition) is 1. The molecule has 0 atom stereocenters. The fraction of sp³-hybridized carbons (Fsp3) is 1.00. The topological polar surface area (TPSA) is 33.7 Å². The maximum Gasteiger partial charge on any atom is 0.0760 e. The Bertz CT molecular complexity index is 301. The first-order chi connectivity index (χ1) is 9.26. The van der Waals surface area contributed by atoms with Gasteiger partial charge in [-0.3, -0.25) is 4.90 Å². The van der Waals surface area contributed by atoms with E-state index < -0.39 is 0 Å². The van der Waals surface area contributed by atoms with Gasteiger partial charge in [0.2, 0.25) is 0 Å². The van der Waals surface area contributed by atoms with E-state index in [1.807, 2.05) is 7.11 Å². The Kier molecular flexibility index (Phi) is 4.80. The van der Waals surface area contributed by atoms with Gasteiger partial charge in [0, 0.05) is 32.2 Å². The summed E-state index contributed by atoms with van der Waals surface area (Å²) in [6, 6.07) is 0. The fourth-order valence-corrected chi connectivity index (χ4v) is 4.14. The van der Waals surface area contributed by atoms with Crippen molar-refractivity contribution in [3.8, 4) is 0 Å². The Morgan fingerprint density at radius 1 is 1.05 bits per heavy atom. The van der Waals surface area contributed by atoms with E-state index in [4.69, 9.17) is 9.47 Å². The van der Waals surface area contributed by atoms with Crippen molar-refractivity contribution in [2.24, 2.45) is 5.41 Å². The summed E-state index contributed by atoms with van der Waals surface area (Å²) in [5, 5.41) is 3.47. The van der Waals surface area contributed by atoms with Crippen molar-refractivity contribution in [2.45, 2.75) is 51.7 Å². The van der Waals surface area contributed by atoms with E-state index in [9.17, 15) is 0 Å². The van der Waals surface area contributed by atoms with Crippen molar-refractivity contribution in [1.82, 2.24) is 10.2 Å². The molecule has 0 spiro atoms. The van der Waals surface area contributed by atoms with Crippen LogP contribution < -0.4 is 5.32 Å². The molecule has 0 amide bonds. The highest BCUT2D eigenvalue weighted by Crippen LogP contribution is 2.34. The van der Waals surface area contributed by atoms with E-state index in [1.54, 1.807) is 0 Å². The number of nitrogens with zero attached hydrogens (tertiary/aromatic N) is 1. The van der Waals surface area contributed by atoms with Gasteiger partial charge in [0.1, 0.15) is 0 Å². The SMILES string of the molecule is COCC1(CN2CC(C)(C)OC(C)(C)C2)CCNCC1. The maximum atomic E-state index is 6.19. The molecule has 2 rings (SSSR count). The van der Waals surface area contributed by atoms with Crippen molar-refractivity contribution < 1.29 is 9.47 Å². The molecule has 0 aromatic rings. The zero-order chi connectivity index (χ0) is 14.9. The molecule has 0 radical (unpaired) electrons. The van der Waals surface area contributed by atoms with Gasteiger partial charge < -0.3 is 14.8 Å². The molecular formula is C16H32N2O2. The Labute approximate surface area is 124 Å². The lowest BCUT2D eigenvalue weighted by molar-refractivity contribution is -0.187. The van der Waals surface area contributed by atoms with Gasteiger partial charge in [0.15, 0.2) is 0 Å². The number of ether oxygens (including phenoxy) is 2. The maximum absolute atomic E-state index is 6.19. The van der Waals surface area contributed by atoms with E-state index in [0.717, 1.165) is 39.3 Å². The molecule has 4 nitrogen and oxygen atoms in total. The molecule has 0 bridgehead atoms. The summed E-state index contributed by atoms with van der Waals surface area (Å²) >= 11 is 0. The third kappa shape index (κ3) is 4.17. The van der Waals surface area contributed by atoms with Gasteiger partial charge in [-0.2, -0.15) is 0 Å². The van der Waals surface area contributed by atoms with Gasteiger partial charge in [0.05, 0.1) is 17.8 Å². The van der Waals surface area contributed by atoms with Crippen LogP contribution in [0.1, 0.15) is 40.5 Å². The van der Waals surface area contributed by atoms with Crippen LogP contribution in [0.2, 0.25) is 0 Å². The monoisotopic (exact) mass is 284 g/mol. The Balaban J connectivity index is 2.05. The van der Waals surface area contributed by atoms with Gasteiger partial charge in [0.25, 0.3) is 0 Å². The minimum atomic E-state index is -0.0665. The second-order valence-electron chi connectivity index (χ2n) is 7.95. The third-order valence-electron chi connectivity index (χ3n) is 4.44. The van der Waals surface area contributed by atoms with Crippen LogP contribution in [0.25, 0.3) is 0 Å². The van der Waals surface area contributed by atoms with Gasteiger partial charge >= 0.3 is 0 Å². The minimum Gasteiger partial charge on any atom is -0.384 e. The lowest BCUT2D eigenvalue weighted by Crippen LogP contribution is -2.60. The van der Waals surface area contributed by atoms with E-state index in [0.29, 0.717) is 5.41 Å². The van der Waals surface area contributed by atoms with Crippen LogP contribution in [0.5, 0.6) is 0 Å². The Morgan fingerprint density at radius 2 is 1.60 bits per heavy atom. The number of rotatable bonds is 4. The molecule has 2 aliphatic heterocycles. The predicted octanol–water partition coefficient (Wildman–Crippen LogP) is 1.89. The highest BCUT2D eigenvalue weighted by atomic mass is 16.5. The van der Waals surface area contributed by atoms with Crippen LogP contribution in [-0.2, 0) is 9.47 Å². The van der Waals surface area contributed by atoms with Crippen molar-refractivity contribution >= 4 is 0 Å². The summed E-state index contributed by atoms with van der Waals surface area (Å²) in [7, 11) is 1.83. The first-order valence-electron chi connectivity index (χ1n) is 7.88. The quantitative estimate of drug-likeness (QED) is 0.855. The lowest BCUT2D eigenvalue weighted by atomic mass is 9.78. The van der Waals surface area contributed by atoms with Crippen LogP contribution in [0.3, 0.4) is 0 Å². The number of nitrogens with one attached hydrogen (secondary N) is 1. The molecule has 0 saturated carbocycles. The van der Waals surface area contributed by atoms with E-state index in [1.165, 1.54) is 12.8 Å². The molecule has 2 heterocycles. The van der Waals surface area contributed by atoms with E-state index >= 15 is 0 Å². The molecule has 4 heteroatoms. The number of morpholine rings is 1. The molecule has 0 aromatic heterocycles. The predicted molar refractivity (Wildman–Crippen MR) is 82.1 cm³/mol. The van der Waals surface area contributed by atoms with Crippen LogP contribution in [0.4, 0.5) is 0 Å². The average molecular weight is 284 g/mol. The Morgan fingerprint density at radius 3 is 2.10 bits per heavy atom. The average Bonchev–Trinajstić information content (AvgIpc) is 2.25. The standard InChI is InChI=1S/C16H32N2O2/c1-14(2)10-18(11-15(3,4)20-14)12-16(13-19-5)6-8-17-9-7-16/h17H,6-13H2,1-5H3. The molecule has 0 aromatic carbocycles. The van der Waals surface area contributed by atoms with Gasteiger partial charge in [-0.15, -0.1) is 0 Å². The second-order valence-corrected chi connectivity index (χ2v) is 7.95. The van der Waals surface area contributed by atoms with Crippen LogP contribution in [0, 0.1) is 5.41 Å². The molecular weight excluding hydrogens is 252 g/mol. The van der Waals surface area contributed by atoms with Gasteiger partial charge in [-0.1, -0.05) is 0 Å². The number of hydrogen-bond acceptors (Lipinski definition) is 4. The molecule has 2 aliphatic rings. The fourth-order valence-electron chi connectivity index (χ4n) is 4.14. The van der Waals surface area contributed by atoms with Crippen molar-refractivity contribution in [3.63, 3.8) is 0 Å². The van der Waals surface area contributed by atoms with Gasteiger partial charge in [-0.05, 0) is 53.6 Å². The second kappa shape index (κ2) is 5.91. The minimum absolute atomic E-state index is 0.0665. The van der Waals surface area contributed by atoms with Crippen molar-refractivity contribution in [1.29, 1.82) is 0 Å². The summed E-state index contributed by atoms with van der Waals surface area (Å²) in [6.07, 6.45) is 2.41. The molecule has 2 fully saturated rings. The normalized spacial score (nSPS) is 29.2. The molecule has 118 valence electrons. The van der Waals surface area contributed by atoms with Crippen molar-refractivity contribution in [2.75, 3.05) is 46.4 Å². The molecule has 2 saturated heterocycles. The summed E-state index contributed by atoms with van der Waals surface area (Å²) in [4.78, 5) is 2.59.